The van der Waals surface area contributed by atoms with Gasteiger partial charge in [-0.15, -0.1) is 0 Å². The van der Waals surface area contributed by atoms with Crippen LogP contribution < -0.4 is 5.32 Å². The first-order chi connectivity index (χ1) is 7.40. The number of nitrogens with zero attached hydrogens (tertiary/aromatic N) is 1. The summed E-state index contributed by atoms with van der Waals surface area (Å²) in [6.45, 7) is 1.02. The van der Waals surface area contributed by atoms with Gasteiger partial charge < -0.3 is 14.7 Å². The molecular weight excluding hydrogens is 190 g/mol. The SMILES string of the molecule is CNCCCc1ncc(-c2ccoc2)[nH]1. The fraction of sp³-hybridized carbons (Fsp3) is 0.364. The van der Waals surface area contributed by atoms with Crippen LogP contribution in [-0.2, 0) is 6.42 Å². The van der Waals surface area contributed by atoms with E-state index in [1.54, 1.807) is 12.5 Å². The molecule has 0 amide bonds. The van der Waals surface area contributed by atoms with Crippen molar-refractivity contribution in [1.82, 2.24) is 15.3 Å². The molecule has 4 heteroatoms. The van der Waals surface area contributed by atoms with Gasteiger partial charge >= 0.3 is 0 Å². The summed E-state index contributed by atoms with van der Waals surface area (Å²) in [6.07, 6.45) is 7.29. The highest BCUT2D eigenvalue weighted by Crippen LogP contribution is 2.17. The number of furan rings is 1. The molecule has 2 heterocycles. The van der Waals surface area contributed by atoms with Crippen LogP contribution in [-0.4, -0.2) is 23.6 Å². The van der Waals surface area contributed by atoms with Gasteiger partial charge in [0.05, 0.1) is 24.4 Å². The summed E-state index contributed by atoms with van der Waals surface area (Å²) < 4.78 is 5.02. The van der Waals surface area contributed by atoms with Gasteiger partial charge in [-0.25, -0.2) is 4.98 Å². The van der Waals surface area contributed by atoms with Gasteiger partial charge in [0.1, 0.15) is 5.82 Å². The van der Waals surface area contributed by atoms with E-state index in [1.807, 2.05) is 19.3 Å². The largest absolute Gasteiger partial charge is 0.472 e. The van der Waals surface area contributed by atoms with Crippen LogP contribution in [0.1, 0.15) is 12.2 Å². The smallest absolute Gasteiger partial charge is 0.106 e. The van der Waals surface area contributed by atoms with Gasteiger partial charge in [0.25, 0.3) is 0 Å². The summed E-state index contributed by atoms with van der Waals surface area (Å²) in [6, 6.07) is 1.92. The Morgan fingerprint density at radius 3 is 3.20 bits per heavy atom. The summed E-state index contributed by atoms with van der Waals surface area (Å²) in [7, 11) is 1.96. The molecule has 0 bridgehead atoms. The van der Waals surface area contributed by atoms with E-state index in [9.17, 15) is 0 Å². The molecule has 0 aliphatic carbocycles. The Balaban J connectivity index is 1.98. The van der Waals surface area contributed by atoms with Crippen LogP contribution in [0.3, 0.4) is 0 Å². The number of hydrogen-bond donors (Lipinski definition) is 2. The van der Waals surface area contributed by atoms with E-state index in [0.717, 1.165) is 36.5 Å². The first-order valence-electron chi connectivity index (χ1n) is 5.11. The maximum Gasteiger partial charge on any atom is 0.106 e. The Kier molecular flexibility index (Phi) is 3.19. The van der Waals surface area contributed by atoms with Crippen molar-refractivity contribution in [3.63, 3.8) is 0 Å². The van der Waals surface area contributed by atoms with Gasteiger partial charge in [-0.2, -0.15) is 0 Å². The molecule has 2 aromatic heterocycles. The third-order valence-electron chi connectivity index (χ3n) is 2.30. The van der Waals surface area contributed by atoms with Crippen molar-refractivity contribution >= 4 is 0 Å². The molecule has 2 rings (SSSR count). The van der Waals surface area contributed by atoms with Gasteiger partial charge in [-0.1, -0.05) is 0 Å². The Bertz CT molecular complexity index is 392. The Labute approximate surface area is 88.7 Å². The molecule has 2 N–H and O–H groups in total. The molecule has 2 aromatic rings. The van der Waals surface area contributed by atoms with Crippen molar-refractivity contribution in [2.45, 2.75) is 12.8 Å². The molecule has 80 valence electrons. The quantitative estimate of drug-likeness (QED) is 0.732. The average molecular weight is 205 g/mol. The third kappa shape index (κ3) is 2.47. The molecule has 0 aromatic carbocycles. The molecule has 0 unspecified atom stereocenters. The number of H-pyrrole nitrogens is 1. The van der Waals surface area contributed by atoms with Gasteiger partial charge in [0, 0.05) is 12.0 Å². The van der Waals surface area contributed by atoms with Crippen molar-refractivity contribution in [3.05, 3.63) is 30.6 Å². The first kappa shape index (κ1) is 9.98. The molecule has 0 saturated heterocycles. The maximum atomic E-state index is 5.02. The summed E-state index contributed by atoms with van der Waals surface area (Å²) in [5, 5.41) is 3.12. The lowest BCUT2D eigenvalue weighted by atomic mass is 10.3. The minimum Gasteiger partial charge on any atom is -0.472 e. The highest BCUT2D eigenvalue weighted by molar-refractivity contribution is 5.56. The number of hydrogen-bond acceptors (Lipinski definition) is 3. The van der Waals surface area contributed by atoms with E-state index in [2.05, 4.69) is 15.3 Å². The Morgan fingerprint density at radius 2 is 2.47 bits per heavy atom. The first-order valence-corrected chi connectivity index (χ1v) is 5.11. The minimum atomic E-state index is 0.971. The van der Waals surface area contributed by atoms with Gasteiger partial charge in [-0.05, 0) is 26.1 Å². The maximum absolute atomic E-state index is 5.02. The molecule has 0 spiro atoms. The number of aromatic nitrogens is 2. The zero-order valence-corrected chi connectivity index (χ0v) is 8.79. The van der Waals surface area contributed by atoms with Gasteiger partial charge in [0.15, 0.2) is 0 Å². The van der Waals surface area contributed by atoms with Crippen LogP contribution in [0.5, 0.6) is 0 Å². The minimum absolute atomic E-state index is 0.971. The van der Waals surface area contributed by atoms with E-state index in [0.29, 0.717) is 0 Å². The zero-order valence-electron chi connectivity index (χ0n) is 8.79. The molecule has 0 aliphatic rings. The molecular formula is C11H15N3O. The monoisotopic (exact) mass is 205 g/mol. The number of rotatable bonds is 5. The number of aryl methyl sites for hydroxylation is 1. The fourth-order valence-corrected chi connectivity index (χ4v) is 1.49. The summed E-state index contributed by atoms with van der Waals surface area (Å²) in [4.78, 5) is 7.59. The molecule has 0 atom stereocenters. The molecule has 4 nitrogen and oxygen atoms in total. The van der Waals surface area contributed by atoms with E-state index < -0.39 is 0 Å². The number of aromatic amines is 1. The van der Waals surface area contributed by atoms with Crippen molar-refractivity contribution in [2.75, 3.05) is 13.6 Å². The van der Waals surface area contributed by atoms with Crippen molar-refractivity contribution in [1.29, 1.82) is 0 Å². The second kappa shape index (κ2) is 4.79. The molecule has 0 radical (unpaired) electrons. The molecule has 0 saturated carbocycles. The molecule has 0 aliphatic heterocycles. The van der Waals surface area contributed by atoms with Crippen LogP contribution in [0.25, 0.3) is 11.3 Å². The Hall–Kier alpha value is -1.55. The van der Waals surface area contributed by atoms with Gasteiger partial charge in [-0.3, -0.25) is 0 Å². The molecule has 0 fully saturated rings. The van der Waals surface area contributed by atoms with Crippen molar-refractivity contribution in [3.8, 4) is 11.3 Å². The topological polar surface area (TPSA) is 53.9 Å². The fourth-order valence-electron chi connectivity index (χ4n) is 1.49. The second-order valence-electron chi connectivity index (χ2n) is 3.46. The normalized spacial score (nSPS) is 10.7. The zero-order chi connectivity index (χ0) is 10.5. The van der Waals surface area contributed by atoms with Crippen LogP contribution in [0.15, 0.2) is 29.2 Å². The van der Waals surface area contributed by atoms with Crippen LogP contribution in [0.2, 0.25) is 0 Å². The lowest BCUT2D eigenvalue weighted by Crippen LogP contribution is -2.08. The van der Waals surface area contributed by atoms with Crippen LogP contribution >= 0.6 is 0 Å². The lowest BCUT2D eigenvalue weighted by Gasteiger charge is -1.96. The highest BCUT2D eigenvalue weighted by Gasteiger charge is 2.03. The summed E-state index contributed by atoms with van der Waals surface area (Å²) in [5.74, 6) is 1.03. The summed E-state index contributed by atoms with van der Waals surface area (Å²) in [5.41, 5.74) is 2.06. The average Bonchev–Trinajstić information content (AvgIpc) is 2.87. The van der Waals surface area contributed by atoms with Gasteiger partial charge in [0.2, 0.25) is 0 Å². The van der Waals surface area contributed by atoms with E-state index in [1.165, 1.54) is 0 Å². The predicted molar refractivity (Wildman–Crippen MR) is 58.5 cm³/mol. The van der Waals surface area contributed by atoms with Crippen molar-refractivity contribution < 1.29 is 4.42 Å². The van der Waals surface area contributed by atoms with Crippen LogP contribution in [0.4, 0.5) is 0 Å². The predicted octanol–water partition coefficient (Wildman–Crippen LogP) is 1.82. The second-order valence-corrected chi connectivity index (χ2v) is 3.46. The van der Waals surface area contributed by atoms with Crippen LogP contribution in [0, 0.1) is 0 Å². The number of imidazole rings is 1. The van der Waals surface area contributed by atoms with E-state index in [4.69, 9.17) is 4.42 Å². The van der Waals surface area contributed by atoms with E-state index >= 15 is 0 Å². The standard InChI is InChI=1S/C11H15N3O/c1-12-5-2-3-11-13-7-10(14-11)9-4-6-15-8-9/h4,6-8,12H,2-3,5H2,1H3,(H,13,14). The van der Waals surface area contributed by atoms with Crippen molar-refractivity contribution in [2.24, 2.45) is 0 Å². The highest BCUT2D eigenvalue weighted by atomic mass is 16.3. The third-order valence-corrected chi connectivity index (χ3v) is 2.30. The summed E-state index contributed by atoms with van der Waals surface area (Å²) >= 11 is 0. The number of nitrogens with one attached hydrogen (secondary N) is 2. The molecule has 15 heavy (non-hydrogen) atoms. The Morgan fingerprint density at radius 1 is 1.53 bits per heavy atom. The lowest BCUT2D eigenvalue weighted by molar-refractivity contribution is 0.568. The van der Waals surface area contributed by atoms with E-state index in [-0.39, 0.29) is 0 Å².